The standard InChI is InChI=1S/C38H40N2O2/c1-38(22-11-16-26-14-5-6-15-26)31-18-8-10-20-33(31)40(23-21-27-12-3-2-4-13-27)34(38)24-29-36(41)35(37(29)42)30-25-39-32-19-9-7-17-28(30)32/h5-10,14-15,17-20,24-27,41H,2-4,11-13,16,21-23H2,1H3/b34-24+,35-30+. The number of carbonyl (C=O) groups is 1. The highest BCUT2D eigenvalue weighted by Gasteiger charge is 2.45. The van der Waals surface area contributed by atoms with Crippen LogP contribution in [0.5, 0.6) is 0 Å². The van der Waals surface area contributed by atoms with E-state index in [0.29, 0.717) is 17.1 Å². The van der Waals surface area contributed by atoms with E-state index in [-0.39, 0.29) is 17.0 Å². The summed E-state index contributed by atoms with van der Waals surface area (Å²) < 4.78 is 0. The van der Waals surface area contributed by atoms with Crippen LogP contribution >= 0.6 is 0 Å². The molecule has 1 unspecified atom stereocenters. The van der Waals surface area contributed by atoms with Gasteiger partial charge in [-0.2, -0.15) is 0 Å². The molecule has 0 spiro atoms. The lowest BCUT2D eigenvalue weighted by molar-refractivity contribution is -0.113. The van der Waals surface area contributed by atoms with Gasteiger partial charge in [0.2, 0.25) is 5.78 Å². The fourth-order valence-corrected chi connectivity index (χ4v) is 7.79. The van der Waals surface area contributed by atoms with Crippen LogP contribution in [0.15, 0.2) is 107 Å². The first-order chi connectivity index (χ1) is 20.5. The summed E-state index contributed by atoms with van der Waals surface area (Å²) in [7, 11) is 0. The van der Waals surface area contributed by atoms with Crippen LogP contribution in [-0.2, 0) is 10.2 Å². The maximum atomic E-state index is 13.7. The van der Waals surface area contributed by atoms with E-state index in [0.717, 1.165) is 60.7 Å². The summed E-state index contributed by atoms with van der Waals surface area (Å²) in [5.41, 5.74) is 6.77. The third kappa shape index (κ3) is 4.62. The quantitative estimate of drug-likeness (QED) is 0.330. The molecule has 5 aliphatic rings. The number of hydrogen-bond acceptors (Lipinski definition) is 4. The Balaban J connectivity index is 1.26. The van der Waals surface area contributed by atoms with Crippen LogP contribution in [-0.4, -0.2) is 23.6 Å². The van der Waals surface area contributed by atoms with Crippen LogP contribution in [0.3, 0.4) is 0 Å². The molecule has 42 heavy (non-hydrogen) atoms. The van der Waals surface area contributed by atoms with Crippen molar-refractivity contribution in [2.45, 2.75) is 70.1 Å². The fraction of sp³-hybridized carbons (Fsp3) is 0.368. The van der Waals surface area contributed by atoms with Gasteiger partial charge in [0.15, 0.2) is 0 Å². The van der Waals surface area contributed by atoms with Crippen LogP contribution in [0.25, 0.3) is 5.57 Å². The maximum Gasteiger partial charge on any atom is 0.201 e. The van der Waals surface area contributed by atoms with E-state index in [1.807, 2.05) is 30.3 Å². The molecule has 0 amide bonds. The summed E-state index contributed by atoms with van der Waals surface area (Å²) in [4.78, 5) is 20.7. The highest BCUT2D eigenvalue weighted by atomic mass is 16.3. The predicted molar refractivity (Wildman–Crippen MR) is 172 cm³/mol. The molecule has 0 bridgehead atoms. The number of aliphatic hydroxyl groups is 1. The lowest BCUT2D eigenvalue weighted by Crippen LogP contribution is -2.32. The number of nitrogens with zero attached hydrogens (tertiary/aromatic N) is 2. The number of anilines is 1. The summed E-state index contributed by atoms with van der Waals surface area (Å²) in [6, 6.07) is 16.6. The molecule has 214 valence electrons. The molecule has 4 heteroatoms. The first-order valence-corrected chi connectivity index (χ1v) is 15.8. The third-order valence-electron chi connectivity index (χ3n) is 10.2. The Morgan fingerprint density at radius 3 is 2.57 bits per heavy atom. The lowest BCUT2D eigenvalue weighted by atomic mass is 9.74. The molecule has 1 saturated carbocycles. The average Bonchev–Trinajstić information content (AvgIpc) is 3.74. The third-order valence-corrected chi connectivity index (χ3v) is 10.2. The van der Waals surface area contributed by atoms with Gasteiger partial charge < -0.3 is 10.0 Å². The maximum absolute atomic E-state index is 13.7. The minimum Gasteiger partial charge on any atom is -0.506 e. The van der Waals surface area contributed by atoms with Crippen LogP contribution in [0, 0.1) is 11.8 Å². The number of para-hydroxylation sites is 2. The van der Waals surface area contributed by atoms with Crippen LogP contribution in [0.2, 0.25) is 0 Å². The normalized spacial score (nSPS) is 26.1. The summed E-state index contributed by atoms with van der Waals surface area (Å²) in [6.45, 7) is 3.28. The minimum absolute atomic E-state index is 0.0927. The molecule has 1 fully saturated rings. The lowest BCUT2D eigenvalue weighted by Gasteiger charge is -2.33. The van der Waals surface area contributed by atoms with Gasteiger partial charge in [-0.25, -0.2) is 0 Å². The highest BCUT2D eigenvalue weighted by molar-refractivity contribution is 6.33. The molecular formula is C38H40N2O2. The predicted octanol–water partition coefficient (Wildman–Crippen LogP) is 9.10. The van der Waals surface area contributed by atoms with Gasteiger partial charge in [0.05, 0.1) is 16.8 Å². The second-order valence-electron chi connectivity index (χ2n) is 12.8. The molecule has 2 aromatic rings. The average molecular weight is 557 g/mol. The Morgan fingerprint density at radius 1 is 1.00 bits per heavy atom. The fourth-order valence-electron chi connectivity index (χ4n) is 7.79. The number of ketones is 1. The van der Waals surface area contributed by atoms with Gasteiger partial charge in [0.1, 0.15) is 5.76 Å². The van der Waals surface area contributed by atoms with Gasteiger partial charge in [0.25, 0.3) is 0 Å². The summed E-state index contributed by atoms with van der Waals surface area (Å²) in [5, 5.41) is 11.4. The van der Waals surface area contributed by atoms with E-state index in [9.17, 15) is 9.90 Å². The largest absolute Gasteiger partial charge is 0.506 e. The molecule has 2 heterocycles. The minimum atomic E-state index is -0.243. The van der Waals surface area contributed by atoms with Crippen molar-refractivity contribution in [2.75, 3.05) is 11.4 Å². The summed E-state index contributed by atoms with van der Waals surface area (Å²) >= 11 is 0. The molecule has 2 aromatic carbocycles. The number of fused-ring (bicyclic) bond motifs is 2. The number of rotatable bonds is 8. The van der Waals surface area contributed by atoms with E-state index in [4.69, 9.17) is 0 Å². The molecule has 0 aromatic heterocycles. The molecule has 7 rings (SSSR count). The Morgan fingerprint density at radius 2 is 1.76 bits per heavy atom. The van der Waals surface area contributed by atoms with Gasteiger partial charge in [0, 0.05) is 40.7 Å². The van der Waals surface area contributed by atoms with E-state index < -0.39 is 0 Å². The van der Waals surface area contributed by atoms with Crippen molar-refractivity contribution >= 4 is 28.9 Å². The summed E-state index contributed by atoms with van der Waals surface area (Å²) in [5.74, 6) is 1.27. The molecule has 1 atom stereocenters. The number of allylic oxidation sites excluding steroid dienone is 9. The highest BCUT2D eigenvalue weighted by Crippen LogP contribution is 2.52. The number of aliphatic hydroxyl groups excluding tert-OH is 1. The van der Waals surface area contributed by atoms with E-state index in [2.05, 4.69) is 65.4 Å². The van der Waals surface area contributed by atoms with Crippen molar-refractivity contribution in [2.24, 2.45) is 16.8 Å². The van der Waals surface area contributed by atoms with Crippen LogP contribution < -0.4 is 4.90 Å². The summed E-state index contributed by atoms with van der Waals surface area (Å²) in [6.07, 6.45) is 23.6. The van der Waals surface area contributed by atoms with Gasteiger partial charge >= 0.3 is 0 Å². The SMILES string of the molecule is CC1(CCCC2C=CC=C2)/C(=C\C2=C(O)C(=C3/C=Nc4ccccc43)/C2=O)N(CCC2CCCCC2)c2ccccc21. The second kappa shape index (κ2) is 11.1. The van der Waals surface area contributed by atoms with E-state index >= 15 is 0 Å². The monoisotopic (exact) mass is 556 g/mol. The number of hydrogen-bond donors (Lipinski definition) is 1. The van der Waals surface area contributed by atoms with Gasteiger partial charge in [-0.3, -0.25) is 9.79 Å². The van der Waals surface area contributed by atoms with Crippen molar-refractivity contribution in [3.05, 3.63) is 113 Å². The van der Waals surface area contributed by atoms with E-state index in [1.165, 1.54) is 43.4 Å². The molecule has 1 N–H and O–H groups in total. The Labute approximate surface area is 249 Å². The van der Waals surface area contributed by atoms with Crippen molar-refractivity contribution in [3.63, 3.8) is 0 Å². The molecule has 3 aliphatic carbocycles. The molecule has 0 saturated heterocycles. The van der Waals surface area contributed by atoms with Crippen molar-refractivity contribution in [1.29, 1.82) is 0 Å². The molecule has 4 nitrogen and oxygen atoms in total. The first-order valence-electron chi connectivity index (χ1n) is 15.8. The molecular weight excluding hydrogens is 516 g/mol. The number of aliphatic imine (C=N–C) groups is 1. The second-order valence-corrected chi connectivity index (χ2v) is 12.8. The zero-order chi connectivity index (χ0) is 28.7. The van der Waals surface area contributed by atoms with Crippen LogP contribution in [0.1, 0.15) is 75.8 Å². The number of benzene rings is 2. The molecule has 0 radical (unpaired) electrons. The van der Waals surface area contributed by atoms with Crippen molar-refractivity contribution < 1.29 is 9.90 Å². The van der Waals surface area contributed by atoms with Gasteiger partial charge in [-0.15, -0.1) is 0 Å². The molecule has 2 aliphatic heterocycles. The number of carbonyl (C=O) groups excluding carboxylic acids is 1. The zero-order valence-corrected chi connectivity index (χ0v) is 24.6. The van der Waals surface area contributed by atoms with Crippen LogP contribution in [0.4, 0.5) is 11.4 Å². The Bertz CT molecular complexity index is 1580. The Hall–Kier alpha value is -3.92. The smallest absolute Gasteiger partial charge is 0.201 e. The number of Topliss-reactive ketones (excluding diaryl/α,β-unsaturated/α-hetero) is 1. The first kappa shape index (κ1) is 26.9. The van der Waals surface area contributed by atoms with Crippen molar-refractivity contribution in [1.82, 2.24) is 0 Å². The van der Waals surface area contributed by atoms with Gasteiger partial charge in [-0.05, 0) is 61.8 Å². The topological polar surface area (TPSA) is 52.9 Å². The van der Waals surface area contributed by atoms with E-state index in [1.54, 1.807) is 6.21 Å². The zero-order valence-electron chi connectivity index (χ0n) is 24.6. The van der Waals surface area contributed by atoms with Gasteiger partial charge in [-0.1, -0.05) is 99.2 Å². The van der Waals surface area contributed by atoms with Crippen molar-refractivity contribution in [3.8, 4) is 0 Å². The Kier molecular flexibility index (Phi) is 7.09.